The SMILES string of the molecule is CCOc1ccc2nc(CN3CCCC4(CCOCC4)C3)ccc2c1. The van der Waals surface area contributed by atoms with Crippen molar-refractivity contribution in [2.45, 2.75) is 39.2 Å². The lowest BCUT2D eigenvalue weighted by Gasteiger charge is -2.45. The number of nitrogens with zero attached hydrogens (tertiary/aromatic N) is 2. The Morgan fingerprint density at radius 2 is 2.04 bits per heavy atom. The van der Waals surface area contributed by atoms with Crippen molar-refractivity contribution >= 4 is 10.9 Å². The molecule has 0 N–H and O–H groups in total. The highest BCUT2D eigenvalue weighted by Gasteiger charge is 2.36. The predicted molar refractivity (Wildman–Crippen MR) is 99.9 cm³/mol. The van der Waals surface area contributed by atoms with Gasteiger partial charge in [0.2, 0.25) is 0 Å². The van der Waals surface area contributed by atoms with Crippen LogP contribution in [0.4, 0.5) is 0 Å². The molecule has 4 rings (SSSR count). The zero-order valence-electron chi connectivity index (χ0n) is 15.2. The number of ether oxygens (including phenoxy) is 2. The Labute approximate surface area is 150 Å². The van der Waals surface area contributed by atoms with E-state index in [4.69, 9.17) is 14.5 Å². The summed E-state index contributed by atoms with van der Waals surface area (Å²) < 4.78 is 11.2. The first-order valence-corrected chi connectivity index (χ1v) is 9.59. The van der Waals surface area contributed by atoms with E-state index in [0.29, 0.717) is 12.0 Å². The van der Waals surface area contributed by atoms with Crippen molar-refractivity contribution in [1.82, 2.24) is 9.88 Å². The van der Waals surface area contributed by atoms with Gasteiger partial charge in [0.25, 0.3) is 0 Å². The molecule has 0 radical (unpaired) electrons. The van der Waals surface area contributed by atoms with E-state index < -0.39 is 0 Å². The zero-order valence-corrected chi connectivity index (χ0v) is 15.2. The van der Waals surface area contributed by atoms with Crippen LogP contribution in [0, 0.1) is 5.41 Å². The largest absolute Gasteiger partial charge is 0.494 e. The van der Waals surface area contributed by atoms with Gasteiger partial charge in [-0.2, -0.15) is 0 Å². The molecule has 1 spiro atoms. The van der Waals surface area contributed by atoms with E-state index in [2.05, 4.69) is 29.2 Å². The van der Waals surface area contributed by atoms with E-state index >= 15 is 0 Å². The molecule has 2 aliphatic rings. The van der Waals surface area contributed by atoms with Gasteiger partial charge in [0, 0.05) is 31.7 Å². The molecule has 0 unspecified atom stereocenters. The highest BCUT2D eigenvalue weighted by atomic mass is 16.5. The molecule has 0 bridgehead atoms. The summed E-state index contributed by atoms with van der Waals surface area (Å²) in [5, 5.41) is 1.15. The summed E-state index contributed by atoms with van der Waals surface area (Å²) in [6, 6.07) is 10.5. The maximum atomic E-state index is 5.58. The third-order valence-electron chi connectivity index (χ3n) is 5.71. The van der Waals surface area contributed by atoms with Crippen LogP contribution in [0.3, 0.4) is 0 Å². The number of piperidine rings is 1. The summed E-state index contributed by atoms with van der Waals surface area (Å²) in [4.78, 5) is 7.48. The number of aromatic nitrogens is 1. The fourth-order valence-corrected chi connectivity index (χ4v) is 4.38. The Kier molecular flexibility index (Phi) is 4.91. The van der Waals surface area contributed by atoms with Crippen molar-refractivity contribution in [3.05, 3.63) is 36.0 Å². The Hall–Kier alpha value is -1.65. The number of rotatable bonds is 4. The second-order valence-electron chi connectivity index (χ2n) is 7.52. The maximum absolute atomic E-state index is 5.58. The van der Waals surface area contributed by atoms with Gasteiger partial charge in [0.1, 0.15) is 5.75 Å². The van der Waals surface area contributed by atoms with Crippen molar-refractivity contribution < 1.29 is 9.47 Å². The average Bonchev–Trinajstić information content (AvgIpc) is 2.63. The van der Waals surface area contributed by atoms with Crippen LogP contribution >= 0.6 is 0 Å². The molecule has 2 aromatic rings. The molecular formula is C21H28N2O2. The first-order chi connectivity index (χ1) is 12.3. The fourth-order valence-electron chi connectivity index (χ4n) is 4.38. The van der Waals surface area contributed by atoms with Crippen molar-refractivity contribution in [2.24, 2.45) is 5.41 Å². The summed E-state index contributed by atoms with van der Waals surface area (Å²) in [5.41, 5.74) is 2.71. The van der Waals surface area contributed by atoms with Crippen molar-refractivity contribution in [2.75, 3.05) is 32.9 Å². The molecule has 134 valence electrons. The van der Waals surface area contributed by atoms with E-state index in [-0.39, 0.29) is 0 Å². The Bertz CT molecular complexity index is 719. The van der Waals surface area contributed by atoms with E-state index in [1.807, 2.05) is 13.0 Å². The lowest BCUT2D eigenvalue weighted by atomic mass is 9.74. The topological polar surface area (TPSA) is 34.6 Å². The van der Waals surface area contributed by atoms with Gasteiger partial charge in [0.15, 0.2) is 0 Å². The van der Waals surface area contributed by atoms with Crippen LogP contribution in [0.2, 0.25) is 0 Å². The summed E-state index contributed by atoms with van der Waals surface area (Å²) in [6.45, 7) is 7.90. The van der Waals surface area contributed by atoms with E-state index in [0.717, 1.165) is 36.4 Å². The van der Waals surface area contributed by atoms with Gasteiger partial charge in [-0.1, -0.05) is 6.07 Å². The standard InChI is InChI=1S/C21H28N2O2/c1-2-25-19-6-7-20-17(14-19)4-5-18(22-20)15-23-11-3-8-21(16-23)9-12-24-13-10-21/h4-7,14H,2-3,8-13,15-16H2,1H3. The number of hydrogen-bond donors (Lipinski definition) is 0. The number of pyridine rings is 1. The quantitative estimate of drug-likeness (QED) is 0.842. The summed E-state index contributed by atoms with van der Waals surface area (Å²) in [7, 11) is 0. The third-order valence-corrected chi connectivity index (χ3v) is 5.71. The second kappa shape index (κ2) is 7.30. The monoisotopic (exact) mass is 340 g/mol. The minimum Gasteiger partial charge on any atom is -0.494 e. The van der Waals surface area contributed by atoms with Gasteiger partial charge in [-0.25, -0.2) is 0 Å². The zero-order chi connectivity index (χ0) is 17.1. The molecule has 1 aromatic heterocycles. The van der Waals surface area contributed by atoms with Gasteiger partial charge in [-0.3, -0.25) is 9.88 Å². The molecule has 0 aliphatic carbocycles. The molecule has 0 atom stereocenters. The second-order valence-corrected chi connectivity index (χ2v) is 7.52. The first kappa shape index (κ1) is 16.8. The van der Waals surface area contributed by atoms with Crippen LogP contribution in [0.1, 0.15) is 38.3 Å². The summed E-state index contributed by atoms with van der Waals surface area (Å²) in [6.07, 6.45) is 5.09. The van der Waals surface area contributed by atoms with Gasteiger partial charge in [-0.15, -0.1) is 0 Å². The first-order valence-electron chi connectivity index (χ1n) is 9.59. The van der Waals surface area contributed by atoms with E-state index in [1.165, 1.54) is 44.5 Å². The maximum Gasteiger partial charge on any atom is 0.120 e. The molecule has 4 nitrogen and oxygen atoms in total. The van der Waals surface area contributed by atoms with Gasteiger partial charge in [0.05, 0.1) is 17.8 Å². The molecular weight excluding hydrogens is 312 g/mol. The number of likely N-dealkylation sites (tertiary alicyclic amines) is 1. The average molecular weight is 340 g/mol. The van der Waals surface area contributed by atoms with E-state index in [1.54, 1.807) is 0 Å². The van der Waals surface area contributed by atoms with Crippen LogP contribution in [-0.4, -0.2) is 42.8 Å². The molecule has 2 fully saturated rings. The molecule has 25 heavy (non-hydrogen) atoms. The van der Waals surface area contributed by atoms with Crippen molar-refractivity contribution in [3.8, 4) is 5.75 Å². The molecule has 2 aliphatic heterocycles. The van der Waals surface area contributed by atoms with Crippen LogP contribution in [0.25, 0.3) is 10.9 Å². The molecule has 1 aromatic carbocycles. The summed E-state index contributed by atoms with van der Waals surface area (Å²) >= 11 is 0. The normalized spacial score (nSPS) is 20.8. The van der Waals surface area contributed by atoms with Crippen LogP contribution in [0.5, 0.6) is 5.75 Å². The number of benzene rings is 1. The lowest BCUT2D eigenvalue weighted by Crippen LogP contribution is -2.45. The Morgan fingerprint density at radius 3 is 2.88 bits per heavy atom. The molecule has 0 saturated carbocycles. The number of fused-ring (bicyclic) bond motifs is 1. The van der Waals surface area contributed by atoms with E-state index in [9.17, 15) is 0 Å². The van der Waals surface area contributed by atoms with Crippen LogP contribution < -0.4 is 4.74 Å². The molecule has 4 heteroatoms. The minimum atomic E-state index is 0.486. The molecule has 2 saturated heterocycles. The summed E-state index contributed by atoms with van der Waals surface area (Å²) in [5.74, 6) is 0.919. The van der Waals surface area contributed by atoms with Gasteiger partial charge in [-0.05, 0) is 68.8 Å². The van der Waals surface area contributed by atoms with Crippen molar-refractivity contribution in [1.29, 1.82) is 0 Å². The smallest absolute Gasteiger partial charge is 0.120 e. The fraction of sp³-hybridized carbons (Fsp3) is 0.571. The Balaban J connectivity index is 1.47. The van der Waals surface area contributed by atoms with Crippen molar-refractivity contribution in [3.63, 3.8) is 0 Å². The van der Waals surface area contributed by atoms with Crippen LogP contribution in [0.15, 0.2) is 30.3 Å². The minimum absolute atomic E-state index is 0.486. The third kappa shape index (κ3) is 3.80. The lowest BCUT2D eigenvalue weighted by molar-refractivity contribution is -0.0293. The van der Waals surface area contributed by atoms with Crippen LogP contribution in [-0.2, 0) is 11.3 Å². The molecule has 3 heterocycles. The predicted octanol–water partition coefficient (Wildman–Crippen LogP) is 4.03. The van der Waals surface area contributed by atoms with Gasteiger partial charge >= 0.3 is 0 Å². The van der Waals surface area contributed by atoms with Gasteiger partial charge < -0.3 is 9.47 Å². The highest BCUT2D eigenvalue weighted by molar-refractivity contribution is 5.80. The molecule has 0 amide bonds. The number of hydrogen-bond acceptors (Lipinski definition) is 4. The highest BCUT2D eigenvalue weighted by Crippen LogP contribution is 2.39. The Morgan fingerprint density at radius 1 is 1.16 bits per heavy atom.